The maximum absolute atomic E-state index is 5.40. The molecule has 1 heterocycles. The van der Waals surface area contributed by atoms with Gasteiger partial charge in [0, 0.05) is 18.8 Å². The van der Waals surface area contributed by atoms with E-state index in [2.05, 4.69) is 53.0 Å². The summed E-state index contributed by atoms with van der Waals surface area (Å²) in [6, 6.07) is 0. The number of nitrogens with two attached hydrogens (primary N) is 1. The van der Waals surface area contributed by atoms with Crippen LogP contribution in [0.25, 0.3) is 0 Å². The highest BCUT2D eigenvalue weighted by Gasteiger charge is 2.11. The van der Waals surface area contributed by atoms with Gasteiger partial charge in [0.25, 0.3) is 0 Å². The van der Waals surface area contributed by atoms with Gasteiger partial charge in [-0.1, -0.05) is 25.6 Å². The van der Waals surface area contributed by atoms with Crippen molar-refractivity contribution >= 4 is 23.7 Å². The Kier molecular flexibility index (Phi) is 6.14. The molecule has 102 valence electrons. The Morgan fingerprint density at radius 1 is 1.22 bits per heavy atom. The highest BCUT2D eigenvalue weighted by molar-refractivity contribution is 7.99. The molecule has 0 aliphatic rings. The minimum atomic E-state index is 0.415. The van der Waals surface area contributed by atoms with E-state index in [0.717, 1.165) is 18.8 Å². The third-order valence-electron chi connectivity index (χ3n) is 2.32. The molecular weight excluding hydrogens is 248 g/mol. The highest BCUT2D eigenvalue weighted by Crippen LogP contribution is 2.20. The Labute approximate surface area is 113 Å². The third kappa shape index (κ3) is 4.30. The summed E-state index contributed by atoms with van der Waals surface area (Å²) in [7, 11) is 0. The first kappa shape index (κ1) is 15.0. The number of hydrazine groups is 1. The van der Waals surface area contributed by atoms with Crippen LogP contribution >= 0.6 is 11.8 Å². The van der Waals surface area contributed by atoms with Crippen molar-refractivity contribution in [1.29, 1.82) is 0 Å². The van der Waals surface area contributed by atoms with Gasteiger partial charge in [0.05, 0.1) is 0 Å². The lowest BCUT2D eigenvalue weighted by atomic mass is 10.3. The van der Waals surface area contributed by atoms with Gasteiger partial charge in [-0.2, -0.15) is 15.0 Å². The number of nitrogen functional groups attached to an aromatic ring is 1. The van der Waals surface area contributed by atoms with Crippen LogP contribution in [0.2, 0.25) is 0 Å². The van der Waals surface area contributed by atoms with Crippen molar-refractivity contribution in [2.24, 2.45) is 11.8 Å². The predicted molar refractivity (Wildman–Crippen MR) is 76.8 cm³/mol. The number of rotatable bonds is 7. The van der Waals surface area contributed by atoms with E-state index in [1.165, 1.54) is 0 Å². The molecule has 1 rings (SSSR count). The monoisotopic (exact) mass is 270 g/mol. The summed E-state index contributed by atoms with van der Waals surface area (Å²) in [5, 5.41) is 0.716. The number of anilines is 2. The fraction of sp³-hybridized carbons (Fsp3) is 0.727. The SMILES string of the molecule is CCN(CC)c1nc(NN)nc(SCC(C)C)n1. The Balaban J connectivity index is 2.93. The zero-order valence-corrected chi connectivity index (χ0v) is 12.3. The molecule has 0 bridgehead atoms. The van der Waals surface area contributed by atoms with Crippen molar-refractivity contribution in [3.63, 3.8) is 0 Å². The summed E-state index contributed by atoms with van der Waals surface area (Å²) >= 11 is 1.63. The average Bonchev–Trinajstić information content (AvgIpc) is 2.37. The molecule has 3 N–H and O–H groups in total. The van der Waals surface area contributed by atoms with E-state index in [9.17, 15) is 0 Å². The van der Waals surface area contributed by atoms with Crippen LogP contribution in [0.1, 0.15) is 27.7 Å². The van der Waals surface area contributed by atoms with E-state index >= 15 is 0 Å². The maximum atomic E-state index is 5.40. The molecule has 0 spiro atoms. The fourth-order valence-electron chi connectivity index (χ4n) is 1.36. The molecule has 1 aromatic heterocycles. The van der Waals surface area contributed by atoms with Gasteiger partial charge >= 0.3 is 0 Å². The zero-order chi connectivity index (χ0) is 13.5. The molecule has 0 amide bonds. The van der Waals surface area contributed by atoms with Crippen molar-refractivity contribution < 1.29 is 0 Å². The summed E-state index contributed by atoms with van der Waals surface area (Å²) in [6.07, 6.45) is 0. The largest absolute Gasteiger partial charge is 0.341 e. The fourth-order valence-corrected chi connectivity index (χ4v) is 2.14. The second-order valence-corrected chi connectivity index (χ2v) is 5.25. The van der Waals surface area contributed by atoms with Crippen molar-refractivity contribution in [1.82, 2.24) is 15.0 Å². The third-order valence-corrected chi connectivity index (χ3v) is 3.60. The topological polar surface area (TPSA) is 80.0 Å². The van der Waals surface area contributed by atoms with Crippen molar-refractivity contribution in [2.75, 3.05) is 29.2 Å². The van der Waals surface area contributed by atoms with Crippen molar-refractivity contribution in [3.05, 3.63) is 0 Å². The van der Waals surface area contributed by atoms with Crippen LogP contribution in [0, 0.1) is 5.92 Å². The van der Waals surface area contributed by atoms with Crippen LogP contribution in [0.3, 0.4) is 0 Å². The van der Waals surface area contributed by atoms with Gasteiger partial charge in [0.1, 0.15) is 0 Å². The lowest BCUT2D eigenvalue weighted by Gasteiger charge is -2.19. The van der Waals surface area contributed by atoms with E-state index in [1.807, 2.05) is 0 Å². The second kappa shape index (κ2) is 7.38. The van der Waals surface area contributed by atoms with E-state index in [1.54, 1.807) is 11.8 Å². The van der Waals surface area contributed by atoms with E-state index in [4.69, 9.17) is 5.84 Å². The lowest BCUT2D eigenvalue weighted by molar-refractivity contribution is 0.744. The molecule has 0 saturated carbocycles. The quantitative estimate of drug-likeness (QED) is 0.444. The van der Waals surface area contributed by atoms with Crippen molar-refractivity contribution in [2.45, 2.75) is 32.9 Å². The average molecular weight is 270 g/mol. The van der Waals surface area contributed by atoms with Gasteiger partial charge in [0.15, 0.2) is 5.16 Å². The predicted octanol–water partition coefficient (Wildman–Crippen LogP) is 1.75. The number of nitrogens with zero attached hydrogens (tertiary/aromatic N) is 4. The first-order valence-corrected chi connectivity index (χ1v) is 7.19. The van der Waals surface area contributed by atoms with Gasteiger partial charge in [0.2, 0.25) is 11.9 Å². The van der Waals surface area contributed by atoms with Crippen LogP contribution in [-0.2, 0) is 0 Å². The summed E-state index contributed by atoms with van der Waals surface area (Å²) in [5.74, 6) is 8.06. The molecule has 7 heteroatoms. The Morgan fingerprint density at radius 3 is 2.39 bits per heavy atom. The van der Waals surface area contributed by atoms with Crippen LogP contribution in [-0.4, -0.2) is 33.8 Å². The molecule has 0 aliphatic heterocycles. The number of aromatic nitrogens is 3. The van der Waals surface area contributed by atoms with E-state index in [0.29, 0.717) is 23.0 Å². The molecule has 0 saturated heterocycles. The molecule has 0 radical (unpaired) electrons. The van der Waals surface area contributed by atoms with Gasteiger partial charge in [-0.15, -0.1) is 0 Å². The van der Waals surface area contributed by atoms with Crippen LogP contribution in [0.4, 0.5) is 11.9 Å². The first-order chi connectivity index (χ1) is 8.60. The van der Waals surface area contributed by atoms with Gasteiger partial charge < -0.3 is 4.90 Å². The number of hydrogen-bond donors (Lipinski definition) is 2. The number of nitrogens with one attached hydrogen (secondary N) is 1. The maximum Gasteiger partial charge on any atom is 0.242 e. The van der Waals surface area contributed by atoms with Crippen LogP contribution in [0.15, 0.2) is 5.16 Å². The molecule has 6 nitrogen and oxygen atoms in total. The van der Waals surface area contributed by atoms with E-state index in [-0.39, 0.29) is 0 Å². The Morgan fingerprint density at radius 2 is 1.89 bits per heavy atom. The minimum Gasteiger partial charge on any atom is -0.341 e. The molecular formula is C11H22N6S. The van der Waals surface area contributed by atoms with Gasteiger partial charge in [-0.05, 0) is 19.8 Å². The molecule has 0 fully saturated rings. The summed E-state index contributed by atoms with van der Waals surface area (Å²) in [6.45, 7) is 10.2. The second-order valence-electron chi connectivity index (χ2n) is 4.26. The number of thioether (sulfide) groups is 1. The first-order valence-electron chi connectivity index (χ1n) is 6.21. The Bertz CT molecular complexity index is 367. The standard InChI is InChI=1S/C11H22N6S/c1-5-17(6-2)10-13-9(16-12)14-11(15-10)18-7-8(3)4/h8H,5-7,12H2,1-4H3,(H,13,14,15,16). The van der Waals surface area contributed by atoms with Gasteiger partial charge in [-0.3, -0.25) is 5.43 Å². The zero-order valence-electron chi connectivity index (χ0n) is 11.5. The van der Waals surface area contributed by atoms with Crippen LogP contribution in [0.5, 0.6) is 0 Å². The molecule has 0 aromatic carbocycles. The molecule has 0 atom stereocenters. The minimum absolute atomic E-state index is 0.415. The van der Waals surface area contributed by atoms with E-state index < -0.39 is 0 Å². The van der Waals surface area contributed by atoms with Crippen molar-refractivity contribution in [3.8, 4) is 0 Å². The molecule has 1 aromatic rings. The smallest absolute Gasteiger partial charge is 0.242 e. The summed E-state index contributed by atoms with van der Waals surface area (Å²) < 4.78 is 0. The molecule has 18 heavy (non-hydrogen) atoms. The summed E-state index contributed by atoms with van der Waals surface area (Å²) in [4.78, 5) is 15.1. The van der Waals surface area contributed by atoms with Crippen LogP contribution < -0.4 is 16.2 Å². The molecule has 0 unspecified atom stereocenters. The number of hydrogen-bond acceptors (Lipinski definition) is 7. The Hall–Kier alpha value is -1.08. The highest BCUT2D eigenvalue weighted by atomic mass is 32.2. The van der Waals surface area contributed by atoms with Gasteiger partial charge in [-0.25, -0.2) is 5.84 Å². The lowest BCUT2D eigenvalue weighted by Crippen LogP contribution is -2.25. The normalized spacial score (nSPS) is 10.8. The summed E-state index contributed by atoms with van der Waals surface area (Å²) in [5.41, 5.74) is 2.50. The molecule has 0 aliphatic carbocycles.